The Hall–Kier alpha value is -0.280. The molecule has 98 valence electrons. The molecule has 1 aromatic carbocycles. The predicted octanol–water partition coefficient (Wildman–Crippen LogP) is 3.45. The van der Waals surface area contributed by atoms with Crippen LogP contribution in [0.5, 0.6) is 0 Å². The zero-order valence-electron chi connectivity index (χ0n) is 10.3. The van der Waals surface area contributed by atoms with Gasteiger partial charge in [-0.2, -0.15) is 0 Å². The maximum atomic E-state index is 6.09. The average molecular weight is 285 g/mol. The van der Waals surface area contributed by atoms with Crippen LogP contribution in [0.4, 0.5) is 0 Å². The number of fused-ring (bicyclic) bond motifs is 2. The van der Waals surface area contributed by atoms with E-state index < -0.39 is 0 Å². The number of nitrogens with zero attached hydrogens (tertiary/aromatic N) is 1. The van der Waals surface area contributed by atoms with E-state index in [9.17, 15) is 0 Å². The van der Waals surface area contributed by atoms with Gasteiger partial charge < -0.3 is 5.73 Å². The number of benzene rings is 1. The fourth-order valence-electron chi connectivity index (χ4n) is 3.42. The molecule has 0 spiro atoms. The average Bonchev–Trinajstić information content (AvgIpc) is 2.58. The van der Waals surface area contributed by atoms with Gasteiger partial charge in [-0.25, -0.2) is 0 Å². The largest absolute Gasteiger partial charge is 0.328 e. The monoisotopic (exact) mass is 284 g/mol. The van der Waals surface area contributed by atoms with Crippen molar-refractivity contribution < 1.29 is 0 Å². The molecule has 18 heavy (non-hydrogen) atoms. The summed E-state index contributed by atoms with van der Waals surface area (Å²) in [5.74, 6) is 0. The van der Waals surface area contributed by atoms with E-state index in [1.165, 1.54) is 18.4 Å². The molecule has 0 saturated carbocycles. The summed E-state index contributed by atoms with van der Waals surface area (Å²) in [6.45, 7) is 0.971. The van der Waals surface area contributed by atoms with Gasteiger partial charge >= 0.3 is 0 Å². The van der Waals surface area contributed by atoms with Crippen LogP contribution < -0.4 is 5.73 Å². The highest BCUT2D eigenvalue weighted by atomic mass is 35.5. The Labute approximate surface area is 118 Å². The van der Waals surface area contributed by atoms with E-state index in [-0.39, 0.29) is 0 Å². The summed E-state index contributed by atoms with van der Waals surface area (Å²) in [5.41, 5.74) is 7.34. The molecule has 2 N–H and O–H groups in total. The van der Waals surface area contributed by atoms with Crippen LogP contribution in [0.25, 0.3) is 0 Å². The van der Waals surface area contributed by atoms with Crippen LogP contribution in [-0.2, 0) is 6.54 Å². The third-order valence-corrected chi connectivity index (χ3v) is 5.01. The first kappa shape index (κ1) is 12.7. The predicted molar refractivity (Wildman–Crippen MR) is 76.0 cm³/mol. The van der Waals surface area contributed by atoms with E-state index in [4.69, 9.17) is 28.9 Å². The lowest BCUT2D eigenvalue weighted by Crippen LogP contribution is -2.46. The van der Waals surface area contributed by atoms with Crippen LogP contribution in [0.2, 0.25) is 10.0 Å². The van der Waals surface area contributed by atoms with Gasteiger partial charge in [0, 0.05) is 24.7 Å². The number of nitrogens with two attached hydrogens (primary N) is 1. The zero-order chi connectivity index (χ0) is 12.7. The van der Waals surface area contributed by atoms with Gasteiger partial charge in [0.25, 0.3) is 0 Å². The van der Waals surface area contributed by atoms with Gasteiger partial charge in [-0.15, -0.1) is 0 Å². The summed E-state index contributed by atoms with van der Waals surface area (Å²) in [7, 11) is 0. The van der Waals surface area contributed by atoms with Crippen molar-refractivity contribution in [3.05, 3.63) is 33.8 Å². The summed E-state index contributed by atoms with van der Waals surface area (Å²) in [4.78, 5) is 2.60. The van der Waals surface area contributed by atoms with E-state index in [2.05, 4.69) is 11.0 Å². The quantitative estimate of drug-likeness (QED) is 0.901. The van der Waals surface area contributed by atoms with Crippen molar-refractivity contribution in [2.45, 2.75) is 50.4 Å². The van der Waals surface area contributed by atoms with Gasteiger partial charge in [0.2, 0.25) is 0 Å². The highest BCUT2D eigenvalue weighted by Crippen LogP contribution is 2.36. The van der Waals surface area contributed by atoms with Crippen LogP contribution in [0.1, 0.15) is 31.2 Å². The fourth-order valence-corrected chi connectivity index (χ4v) is 3.74. The van der Waals surface area contributed by atoms with Gasteiger partial charge in [-0.3, -0.25) is 4.90 Å². The Morgan fingerprint density at radius 3 is 2.39 bits per heavy atom. The van der Waals surface area contributed by atoms with Crippen molar-refractivity contribution in [3.8, 4) is 0 Å². The second kappa shape index (κ2) is 5.01. The molecule has 1 aromatic rings. The SMILES string of the molecule is NC1C[C@H]2CC[C@@H](C1)N2Cc1ccc(Cl)c(Cl)c1. The number of piperidine rings is 1. The standard InChI is InChI=1S/C14H18Cl2N2/c15-13-4-1-9(5-14(13)16)8-18-11-2-3-12(18)7-10(17)6-11/h1,4-5,10-12H,2-3,6-8,17H2/t10?,11-,12+. The van der Waals surface area contributed by atoms with Crippen molar-refractivity contribution in [1.82, 2.24) is 4.90 Å². The first-order valence-electron chi connectivity index (χ1n) is 6.59. The van der Waals surface area contributed by atoms with E-state index in [0.29, 0.717) is 28.2 Å². The molecule has 2 nitrogen and oxygen atoms in total. The molecule has 1 unspecified atom stereocenters. The van der Waals surface area contributed by atoms with Crippen molar-refractivity contribution in [3.63, 3.8) is 0 Å². The van der Waals surface area contributed by atoms with Crippen molar-refractivity contribution in [2.75, 3.05) is 0 Å². The normalized spacial score (nSPS) is 31.8. The Morgan fingerprint density at radius 1 is 1.11 bits per heavy atom. The Balaban J connectivity index is 1.75. The summed E-state index contributed by atoms with van der Waals surface area (Å²) < 4.78 is 0. The maximum absolute atomic E-state index is 6.09. The summed E-state index contributed by atoms with van der Waals surface area (Å²) >= 11 is 12.0. The number of halogens is 2. The number of hydrogen-bond donors (Lipinski definition) is 1. The zero-order valence-corrected chi connectivity index (χ0v) is 11.8. The second-order valence-electron chi connectivity index (χ2n) is 5.54. The van der Waals surface area contributed by atoms with E-state index >= 15 is 0 Å². The van der Waals surface area contributed by atoms with Crippen molar-refractivity contribution in [2.24, 2.45) is 5.73 Å². The minimum absolute atomic E-state index is 0.396. The fraction of sp³-hybridized carbons (Fsp3) is 0.571. The van der Waals surface area contributed by atoms with Crippen LogP contribution in [0, 0.1) is 0 Å². The van der Waals surface area contributed by atoms with Crippen LogP contribution in [-0.4, -0.2) is 23.0 Å². The molecule has 0 aromatic heterocycles. The molecule has 2 aliphatic heterocycles. The Morgan fingerprint density at radius 2 is 1.78 bits per heavy atom. The lowest BCUT2D eigenvalue weighted by Gasteiger charge is -2.37. The van der Waals surface area contributed by atoms with Gasteiger partial charge in [0.05, 0.1) is 10.0 Å². The molecule has 4 heteroatoms. The molecule has 3 atom stereocenters. The lowest BCUT2D eigenvalue weighted by molar-refractivity contribution is 0.120. The van der Waals surface area contributed by atoms with Gasteiger partial charge in [0.15, 0.2) is 0 Å². The van der Waals surface area contributed by atoms with E-state index in [1.54, 1.807) is 0 Å². The minimum Gasteiger partial charge on any atom is -0.328 e. The topological polar surface area (TPSA) is 29.3 Å². The van der Waals surface area contributed by atoms with Crippen molar-refractivity contribution in [1.29, 1.82) is 0 Å². The third kappa shape index (κ3) is 2.39. The van der Waals surface area contributed by atoms with E-state index in [0.717, 1.165) is 19.4 Å². The van der Waals surface area contributed by atoms with Crippen LogP contribution in [0.3, 0.4) is 0 Å². The molecular weight excluding hydrogens is 267 g/mol. The summed E-state index contributed by atoms with van der Waals surface area (Å²) in [5, 5.41) is 1.28. The lowest BCUT2D eigenvalue weighted by atomic mass is 9.97. The molecule has 2 fully saturated rings. The molecule has 2 heterocycles. The number of rotatable bonds is 2. The van der Waals surface area contributed by atoms with Gasteiger partial charge in [-0.05, 0) is 43.4 Å². The molecule has 3 rings (SSSR count). The molecule has 0 radical (unpaired) electrons. The number of hydrogen-bond acceptors (Lipinski definition) is 2. The maximum Gasteiger partial charge on any atom is 0.0595 e. The first-order chi connectivity index (χ1) is 8.63. The molecule has 2 saturated heterocycles. The second-order valence-corrected chi connectivity index (χ2v) is 6.35. The van der Waals surface area contributed by atoms with Gasteiger partial charge in [0.1, 0.15) is 0 Å². The molecule has 2 aliphatic rings. The molecule has 0 aliphatic carbocycles. The smallest absolute Gasteiger partial charge is 0.0595 e. The van der Waals surface area contributed by atoms with Gasteiger partial charge in [-0.1, -0.05) is 29.3 Å². The third-order valence-electron chi connectivity index (χ3n) is 4.27. The molecule has 2 bridgehead atoms. The Bertz CT molecular complexity index is 435. The first-order valence-corrected chi connectivity index (χ1v) is 7.34. The summed E-state index contributed by atoms with van der Waals surface area (Å²) in [6, 6.07) is 7.66. The van der Waals surface area contributed by atoms with E-state index in [1.807, 2.05) is 12.1 Å². The van der Waals surface area contributed by atoms with Crippen LogP contribution >= 0.6 is 23.2 Å². The van der Waals surface area contributed by atoms with Crippen molar-refractivity contribution >= 4 is 23.2 Å². The Kier molecular flexibility index (Phi) is 3.55. The highest BCUT2D eigenvalue weighted by Gasteiger charge is 2.39. The summed E-state index contributed by atoms with van der Waals surface area (Å²) in [6.07, 6.45) is 4.86. The minimum atomic E-state index is 0.396. The molecular formula is C14H18Cl2N2. The molecule has 0 amide bonds. The highest BCUT2D eigenvalue weighted by molar-refractivity contribution is 6.42. The van der Waals surface area contributed by atoms with Crippen LogP contribution in [0.15, 0.2) is 18.2 Å².